The van der Waals surface area contributed by atoms with Crippen LogP contribution in [0.3, 0.4) is 0 Å². The number of likely N-dealkylation sites (tertiary alicyclic amines) is 1. The van der Waals surface area contributed by atoms with Gasteiger partial charge >= 0.3 is 6.09 Å². The number of carbonyl (C=O) groups excluding carboxylic acids is 2. The van der Waals surface area contributed by atoms with Crippen LogP contribution < -0.4 is 0 Å². The molecule has 1 aromatic carbocycles. The molecule has 3 fully saturated rings. The largest absolute Gasteiger partial charge is 0.450 e. The van der Waals surface area contributed by atoms with Gasteiger partial charge in [-0.05, 0) is 83.0 Å². The molecule has 0 aliphatic carbocycles. The minimum absolute atomic E-state index is 0.0329. The number of nitrogens with zero attached hydrogens (tertiary/aromatic N) is 4. The number of oxazole rings is 1. The molecular formula is C30H40N4O4. The summed E-state index contributed by atoms with van der Waals surface area (Å²) in [5.41, 5.74) is 3.04. The van der Waals surface area contributed by atoms with Crippen LogP contribution >= 0.6 is 0 Å². The summed E-state index contributed by atoms with van der Waals surface area (Å²) in [7, 11) is 0. The average molecular weight is 521 g/mol. The molecule has 4 aliphatic heterocycles. The SMILES string of the molecule is CCOC(=O)N1C2CCC(N3CCC4(CC3)CN(C(=O)c3nc(C)oc3C)Cc3ccccc34)CC1CC2. The smallest absolute Gasteiger partial charge is 0.410 e. The van der Waals surface area contributed by atoms with Gasteiger partial charge in [0.15, 0.2) is 11.6 Å². The number of ether oxygens (including phenoxy) is 1. The number of benzene rings is 1. The van der Waals surface area contributed by atoms with Crippen LogP contribution in [0.2, 0.25) is 0 Å². The standard InChI is InChI=1S/C30H40N4O4/c1-4-37-29(36)34-23-9-11-24(17-25(34)12-10-23)32-15-13-30(14-16-32)19-33(18-22-7-5-6-8-26(22)30)28(35)27-20(2)38-21(3)31-27/h5-8,23-25H,4,9-19H2,1-3H3. The maximum absolute atomic E-state index is 13.6. The highest BCUT2D eigenvalue weighted by Crippen LogP contribution is 2.44. The van der Waals surface area contributed by atoms with Gasteiger partial charge in [0.2, 0.25) is 0 Å². The van der Waals surface area contributed by atoms with Crippen LogP contribution in [0.4, 0.5) is 4.79 Å². The second-order valence-corrected chi connectivity index (χ2v) is 11.7. The molecule has 2 aromatic rings. The number of fused-ring (bicyclic) bond motifs is 4. The molecule has 4 aliphatic rings. The molecule has 3 unspecified atom stereocenters. The summed E-state index contributed by atoms with van der Waals surface area (Å²) in [6.07, 6.45) is 7.34. The Hall–Kier alpha value is -2.87. The predicted octanol–water partition coefficient (Wildman–Crippen LogP) is 4.82. The normalized spacial score (nSPS) is 26.8. The van der Waals surface area contributed by atoms with Gasteiger partial charge in [-0.25, -0.2) is 9.78 Å². The second kappa shape index (κ2) is 10.0. The molecule has 8 heteroatoms. The molecule has 1 aromatic heterocycles. The fourth-order valence-corrected chi connectivity index (χ4v) is 7.77. The van der Waals surface area contributed by atoms with E-state index in [0.29, 0.717) is 55.2 Å². The third-order valence-electron chi connectivity index (χ3n) is 9.58. The van der Waals surface area contributed by atoms with Crippen LogP contribution in [0.25, 0.3) is 0 Å². The molecule has 2 bridgehead atoms. The molecule has 38 heavy (non-hydrogen) atoms. The second-order valence-electron chi connectivity index (χ2n) is 11.7. The fraction of sp³-hybridized carbons (Fsp3) is 0.633. The van der Waals surface area contributed by atoms with E-state index >= 15 is 0 Å². The number of amides is 2. The zero-order valence-corrected chi connectivity index (χ0v) is 22.9. The molecule has 0 saturated carbocycles. The van der Waals surface area contributed by atoms with Gasteiger partial charge in [-0.3, -0.25) is 4.79 Å². The number of hydrogen-bond acceptors (Lipinski definition) is 6. The predicted molar refractivity (Wildman–Crippen MR) is 143 cm³/mol. The Balaban J connectivity index is 1.18. The Labute approximate surface area is 225 Å². The van der Waals surface area contributed by atoms with E-state index in [2.05, 4.69) is 39.0 Å². The first-order chi connectivity index (χ1) is 18.4. The van der Waals surface area contributed by atoms with Gasteiger partial charge in [0, 0.05) is 43.6 Å². The Morgan fingerprint density at radius 2 is 1.76 bits per heavy atom. The Bertz CT molecular complexity index is 1200. The van der Waals surface area contributed by atoms with Crippen molar-refractivity contribution in [2.75, 3.05) is 26.2 Å². The zero-order chi connectivity index (χ0) is 26.4. The number of piperidine rings is 1. The van der Waals surface area contributed by atoms with Crippen LogP contribution in [-0.2, 0) is 16.7 Å². The van der Waals surface area contributed by atoms with Gasteiger partial charge in [-0.2, -0.15) is 0 Å². The lowest BCUT2D eigenvalue weighted by Gasteiger charge is -2.50. The van der Waals surface area contributed by atoms with Crippen molar-refractivity contribution in [2.45, 2.75) is 95.8 Å². The van der Waals surface area contributed by atoms with E-state index in [4.69, 9.17) is 9.15 Å². The molecule has 1 spiro atoms. The van der Waals surface area contributed by atoms with Crippen molar-refractivity contribution in [1.29, 1.82) is 0 Å². The molecule has 3 atom stereocenters. The summed E-state index contributed by atoms with van der Waals surface area (Å²) in [4.78, 5) is 37.4. The minimum Gasteiger partial charge on any atom is -0.450 e. The molecular weight excluding hydrogens is 480 g/mol. The Morgan fingerprint density at radius 1 is 1.05 bits per heavy atom. The topological polar surface area (TPSA) is 79.1 Å². The van der Waals surface area contributed by atoms with Gasteiger partial charge in [0.05, 0.1) is 6.61 Å². The van der Waals surface area contributed by atoms with Crippen molar-refractivity contribution in [1.82, 2.24) is 19.7 Å². The van der Waals surface area contributed by atoms with Gasteiger partial charge in [0.25, 0.3) is 5.91 Å². The van der Waals surface area contributed by atoms with E-state index in [1.165, 1.54) is 11.1 Å². The number of aromatic nitrogens is 1. The van der Waals surface area contributed by atoms with Crippen LogP contribution in [0.5, 0.6) is 0 Å². The summed E-state index contributed by atoms with van der Waals surface area (Å²) >= 11 is 0. The van der Waals surface area contributed by atoms with Crippen molar-refractivity contribution in [3.63, 3.8) is 0 Å². The average Bonchev–Trinajstić information content (AvgIpc) is 3.40. The van der Waals surface area contributed by atoms with Crippen LogP contribution in [0.1, 0.15) is 85.1 Å². The maximum Gasteiger partial charge on any atom is 0.410 e. The van der Waals surface area contributed by atoms with Crippen molar-refractivity contribution in [3.05, 3.63) is 52.7 Å². The van der Waals surface area contributed by atoms with E-state index in [1.54, 1.807) is 6.92 Å². The third-order valence-corrected chi connectivity index (χ3v) is 9.58. The number of rotatable bonds is 3. The highest BCUT2D eigenvalue weighted by atomic mass is 16.6. The lowest BCUT2D eigenvalue weighted by atomic mass is 9.68. The summed E-state index contributed by atoms with van der Waals surface area (Å²) in [5, 5.41) is 0. The first-order valence-electron chi connectivity index (χ1n) is 14.4. The molecule has 0 radical (unpaired) electrons. The summed E-state index contributed by atoms with van der Waals surface area (Å²) in [6, 6.07) is 9.79. The number of aryl methyl sites for hydroxylation is 2. The molecule has 2 amide bonds. The molecule has 5 heterocycles. The van der Waals surface area contributed by atoms with Crippen molar-refractivity contribution in [2.24, 2.45) is 0 Å². The van der Waals surface area contributed by atoms with E-state index in [9.17, 15) is 9.59 Å². The zero-order valence-electron chi connectivity index (χ0n) is 22.9. The van der Waals surface area contributed by atoms with Gasteiger partial charge in [0.1, 0.15) is 5.76 Å². The maximum atomic E-state index is 13.6. The van der Waals surface area contributed by atoms with Crippen molar-refractivity contribution < 1.29 is 18.7 Å². The van der Waals surface area contributed by atoms with E-state index < -0.39 is 0 Å². The number of hydrogen-bond donors (Lipinski definition) is 0. The molecule has 8 nitrogen and oxygen atoms in total. The molecule has 6 rings (SSSR count). The highest BCUT2D eigenvalue weighted by Gasteiger charge is 2.47. The van der Waals surface area contributed by atoms with E-state index in [1.807, 2.05) is 18.7 Å². The van der Waals surface area contributed by atoms with Gasteiger partial charge in [-0.1, -0.05) is 24.3 Å². The first-order valence-corrected chi connectivity index (χ1v) is 14.4. The molecule has 3 saturated heterocycles. The van der Waals surface area contributed by atoms with Crippen LogP contribution in [0.15, 0.2) is 28.7 Å². The monoisotopic (exact) mass is 520 g/mol. The minimum atomic E-state index is -0.126. The molecule has 204 valence electrons. The first kappa shape index (κ1) is 25.4. The summed E-state index contributed by atoms with van der Waals surface area (Å²) < 4.78 is 11.0. The summed E-state index contributed by atoms with van der Waals surface area (Å²) in [5.74, 6) is 1.09. The van der Waals surface area contributed by atoms with Crippen molar-refractivity contribution in [3.8, 4) is 0 Å². The van der Waals surface area contributed by atoms with Crippen molar-refractivity contribution >= 4 is 12.0 Å². The lowest BCUT2D eigenvalue weighted by Crippen LogP contribution is -2.55. The summed E-state index contributed by atoms with van der Waals surface area (Å²) in [6.45, 7) is 9.29. The Kier molecular flexibility index (Phi) is 6.70. The Morgan fingerprint density at radius 3 is 2.47 bits per heavy atom. The third kappa shape index (κ3) is 4.40. The van der Waals surface area contributed by atoms with E-state index in [-0.39, 0.29) is 17.4 Å². The van der Waals surface area contributed by atoms with E-state index in [0.717, 1.165) is 58.0 Å². The lowest BCUT2D eigenvalue weighted by molar-refractivity contribution is 0.0483. The quantitative estimate of drug-likeness (QED) is 0.577. The highest BCUT2D eigenvalue weighted by molar-refractivity contribution is 5.93. The van der Waals surface area contributed by atoms with Crippen LogP contribution in [0, 0.1) is 13.8 Å². The van der Waals surface area contributed by atoms with Gasteiger partial charge < -0.3 is 23.9 Å². The molecule has 0 N–H and O–H groups in total. The number of carbonyl (C=O) groups is 2. The van der Waals surface area contributed by atoms with Crippen LogP contribution in [-0.4, -0.2) is 76.1 Å². The fourth-order valence-electron chi connectivity index (χ4n) is 7.77. The van der Waals surface area contributed by atoms with Gasteiger partial charge in [-0.15, -0.1) is 0 Å².